The highest BCUT2D eigenvalue weighted by atomic mass is 19.1. The summed E-state index contributed by atoms with van der Waals surface area (Å²) in [6.07, 6.45) is 2.43. The summed E-state index contributed by atoms with van der Waals surface area (Å²) < 4.78 is 15.3. The van der Waals surface area contributed by atoms with Crippen LogP contribution in [0.2, 0.25) is 0 Å². The summed E-state index contributed by atoms with van der Waals surface area (Å²) >= 11 is 0. The van der Waals surface area contributed by atoms with Crippen LogP contribution in [-0.2, 0) is 23.1 Å². The van der Waals surface area contributed by atoms with Crippen LogP contribution in [0.3, 0.4) is 0 Å². The molecular formula is C27H33FN7O3+. The lowest BCUT2D eigenvalue weighted by Gasteiger charge is -2.44. The molecule has 3 aromatic rings. The average Bonchev–Trinajstić information content (AvgIpc) is 3.28. The van der Waals surface area contributed by atoms with E-state index in [0.29, 0.717) is 29.3 Å². The molecule has 10 nitrogen and oxygen atoms in total. The number of aromatic amines is 1. The van der Waals surface area contributed by atoms with E-state index in [2.05, 4.69) is 15.4 Å². The lowest BCUT2D eigenvalue weighted by molar-refractivity contribution is -0.714. The number of hydrogen-bond acceptors (Lipinski definition) is 5. The van der Waals surface area contributed by atoms with Crippen LogP contribution in [0.5, 0.6) is 0 Å². The van der Waals surface area contributed by atoms with Gasteiger partial charge in [0.25, 0.3) is 0 Å². The number of likely N-dealkylation sites (tertiary alicyclic amines) is 1. The number of rotatable bonds is 7. The maximum atomic E-state index is 13.7. The summed E-state index contributed by atoms with van der Waals surface area (Å²) in [4.78, 5) is 47.2. The van der Waals surface area contributed by atoms with Gasteiger partial charge in [0.2, 0.25) is 5.91 Å². The third kappa shape index (κ3) is 5.09. The van der Waals surface area contributed by atoms with Crippen LogP contribution in [-0.4, -0.2) is 45.9 Å². The Morgan fingerprint density at radius 2 is 2.00 bits per heavy atom. The van der Waals surface area contributed by atoms with E-state index in [0.717, 1.165) is 16.0 Å². The zero-order chi connectivity index (χ0) is 27.7. The van der Waals surface area contributed by atoms with Gasteiger partial charge in [-0.1, -0.05) is 13.0 Å². The van der Waals surface area contributed by atoms with E-state index in [9.17, 15) is 18.8 Å². The van der Waals surface area contributed by atoms with Gasteiger partial charge in [-0.3, -0.25) is 4.79 Å². The summed E-state index contributed by atoms with van der Waals surface area (Å²) in [5.41, 5.74) is 8.78. The smallest absolute Gasteiger partial charge is 0.333 e. The Kier molecular flexibility index (Phi) is 7.47. The van der Waals surface area contributed by atoms with Crippen LogP contribution in [0.25, 0.3) is 0 Å². The lowest BCUT2D eigenvalue weighted by Crippen LogP contribution is -2.71. The molecule has 4 rings (SSSR count). The van der Waals surface area contributed by atoms with E-state index < -0.39 is 35.8 Å². The first-order chi connectivity index (χ1) is 18.0. The number of benzene rings is 1. The number of imide groups is 1. The number of nitrogens with one attached hydrogen (secondary N) is 2. The molecule has 200 valence electrons. The van der Waals surface area contributed by atoms with Gasteiger partial charge in [0, 0.05) is 18.0 Å². The number of urea groups is 1. The number of β-lactam (4-membered cyclic amide) rings is 1. The third-order valence-electron chi connectivity index (χ3n) is 7.01. The maximum Gasteiger partial charge on any atom is 0.333 e. The Hall–Kier alpha value is -4.28. The van der Waals surface area contributed by atoms with Crippen molar-refractivity contribution in [3.63, 3.8) is 0 Å². The van der Waals surface area contributed by atoms with Gasteiger partial charge in [-0.15, -0.1) is 0 Å². The predicted molar refractivity (Wildman–Crippen MR) is 139 cm³/mol. The fourth-order valence-electron chi connectivity index (χ4n) is 5.09. The number of likely N-dealkylation sites (N-methyl/N-ethyl adjacent to an activating group) is 1. The van der Waals surface area contributed by atoms with Gasteiger partial charge in [-0.2, -0.15) is 9.58 Å². The summed E-state index contributed by atoms with van der Waals surface area (Å²) in [6.45, 7) is 5.44. The number of nitrogens with zero attached hydrogens (tertiary/aromatic N) is 4. The molecule has 1 aliphatic heterocycles. The van der Waals surface area contributed by atoms with Crippen LogP contribution < -0.4 is 20.6 Å². The Morgan fingerprint density at radius 3 is 2.61 bits per heavy atom. The zero-order valence-electron chi connectivity index (χ0n) is 22.2. The van der Waals surface area contributed by atoms with E-state index in [4.69, 9.17) is 5.73 Å². The Bertz CT molecular complexity index is 1370. The van der Waals surface area contributed by atoms with Crippen molar-refractivity contribution >= 4 is 29.5 Å². The first-order valence-electron chi connectivity index (χ1n) is 12.5. The first kappa shape index (κ1) is 26.8. The second-order valence-corrected chi connectivity index (χ2v) is 9.69. The number of pyridine rings is 1. The fraction of sp³-hybridized carbons (Fsp3) is 0.370. The SMILES string of the molecule is CC[C@@H](NC(=O)N1C(=O)[C@H](Cc2cc(C)nc(N)c2)[C@H]1C(=O)N(C)c1cc[nH][n+]1C)c1ccc(F)cc1C. The molecule has 4 amide bonds. The average molecular weight is 523 g/mol. The monoisotopic (exact) mass is 522 g/mol. The summed E-state index contributed by atoms with van der Waals surface area (Å²) in [5, 5.41) is 5.84. The van der Waals surface area contributed by atoms with Gasteiger partial charge in [-0.25, -0.2) is 29.0 Å². The number of anilines is 2. The molecule has 38 heavy (non-hydrogen) atoms. The summed E-state index contributed by atoms with van der Waals surface area (Å²) in [6, 6.07) is 7.42. The van der Waals surface area contributed by atoms with Crippen molar-refractivity contribution in [2.75, 3.05) is 17.7 Å². The van der Waals surface area contributed by atoms with Crippen LogP contribution in [0.15, 0.2) is 42.6 Å². The molecule has 0 aliphatic carbocycles. The van der Waals surface area contributed by atoms with Gasteiger partial charge in [-0.05, 0) is 67.6 Å². The normalized spacial score (nSPS) is 17.6. The third-order valence-corrected chi connectivity index (χ3v) is 7.01. The maximum absolute atomic E-state index is 13.7. The van der Waals surface area contributed by atoms with E-state index in [1.807, 2.05) is 13.0 Å². The highest BCUT2D eigenvalue weighted by Gasteiger charge is 2.57. The van der Waals surface area contributed by atoms with Gasteiger partial charge in [0.15, 0.2) is 6.04 Å². The van der Waals surface area contributed by atoms with Crippen molar-refractivity contribution in [3.8, 4) is 0 Å². The molecule has 1 saturated heterocycles. The molecule has 1 fully saturated rings. The number of nitrogens with two attached hydrogens (primary N) is 1. The largest absolute Gasteiger partial charge is 0.384 e. The first-order valence-corrected chi connectivity index (χ1v) is 12.5. The van der Waals surface area contributed by atoms with Crippen molar-refractivity contribution in [1.82, 2.24) is 20.3 Å². The molecule has 0 spiro atoms. The predicted octanol–water partition coefficient (Wildman–Crippen LogP) is 2.47. The number of aryl methyl sites for hydroxylation is 3. The molecule has 11 heteroatoms. The van der Waals surface area contributed by atoms with Crippen LogP contribution in [0, 0.1) is 25.6 Å². The molecule has 0 saturated carbocycles. The number of H-pyrrole nitrogens is 1. The Morgan fingerprint density at radius 1 is 1.26 bits per heavy atom. The molecule has 3 heterocycles. The lowest BCUT2D eigenvalue weighted by atomic mass is 9.81. The molecule has 3 atom stereocenters. The number of carbonyl (C=O) groups is 3. The molecule has 2 aromatic heterocycles. The van der Waals surface area contributed by atoms with Crippen LogP contribution >= 0.6 is 0 Å². The molecule has 0 unspecified atom stereocenters. The van der Waals surface area contributed by atoms with E-state index in [-0.39, 0.29) is 12.2 Å². The molecule has 1 aliphatic rings. The summed E-state index contributed by atoms with van der Waals surface area (Å²) in [5.74, 6) is -1.08. The quantitative estimate of drug-likeness (QED) is 0.324. The minimum Gasteiger partial charge on any atom is -0.384 e. The molecule has 1 aromatic carbocycles. The van der Waals surface area contributed by atoms with Gasteiger partial charge in [0.1, 0.15) is 18.7 Å². The standard InChI is InChI=1S/C27H32FN7O3/c1-6-21(19-8-7-18(28)11-15(19)2)32-27(38)35-24(26(37)33(4)23-9-10-30-34(23)5)20(25(35)36)13-17-12-16(3)31-22(29)14-17/h7-12,14,20-21,24H,6,13H2,1-5H3,(H3,29,31,32,38)/p+1/t20-,21-,24+/m1/s1. The molecular weight excluding hydrogens is 489 g/mol. The van der Waals surface area contributed by atoms with Crippen LogP contribution in [0.4, 0.5) is 20.8 Å². The van der Waals surface area contributed by atoms with Gasteiger partial charge in [0.05, 0.1) is 19.0 Å². The molecule has 4 N–H and O–H groups in total. The van der Waals surface area contributed by atoms with Crippen molar-refractivity contribution < 1.29 is 23.5 Å². The second kappa shape index (κ2) is 10.6. The van der Waals surface area contributed by atoms with Gasteiger partial charge < -0.3 is 11.1 Å². The van der Waals surface area contributed by atoms with E-state index >= 15 is 0 Å². The number of nitrogen functional groups attached to an aromatic ring is 1. The van der Waals surface area contributed by atoms with Crippen molar-refractivity contribution in [2.24, 2.45) is 13.0 Å². The minimum absolute atomic E-state index is 0.230. The Balaban J connectivity index is 1.63. The van der Waals surface area contributed by atoms with E-state index in [1.54, 1.807) is 57.0 Å². The number of carbonyl (C=O) groups excluding carboxylic acids is 3. The van der Waals surface area contributed by atoms with Crippen molar-refractivity contribution in [1.29, 1.82) is 0 Å². The molecule has 0 bridgehead atoms. The van der Waals surface area contributed by atoms with Gasteiger partial charge >= 0.3 is 17.8 Å². The Labute approximate surface area is 220 Å². The molecule has 0 radical (unpaired) electrons. The van der Waals surface area contributed by atoms with E-state index in [1.165, 1.54) is 17.0 Å². The topological polar surface area (TPSA) is 128 Å². The number of aromatic nitrogens is 3. The second-order valence-electron chi connectivity index (χ2n) is 9.69. The fourth-order valence-corrected chi connectivity index (χ4v) is 5.09. The zero-order valence-corrected chi connectivity index (χ0v) is 22.2. The number of halogens is 1. The highest BCUT2D eigenvalue weighted by molar-refractivity contribution is 6.12. The number of hydrogen-bond donors (Lipinski definition) is 3. The minimum atomic E-state index is -1.02. The van der Waals surface area contributed by atoms with Crippen LogP contribution in [0.1, 0.15) is 41.8 Å². The summed E-state index contributed by atoms with van der Waals surface area (Å²) in [7, 11) is 3.36. The highest BCUT2D eigenvalue weighted by Crippen LogP contribution is 2.33. The number of amides is 4. The van der Waals surface area contributed by atoms with Crippen molar-refractivity contribution in [2.45, 2.75) is 45.7 Å². The van der Waals surface area contributed by atoms with Crippen molar-refractivity contribution in [3.05, 3.63) is 70.8 Å².